The van der Waals surface area contributed by atoms with Crippen LogP contribution in [-0.2, 0) is 10.0 Å². The minimum atomic E-state index is -3.91. The molecule has 3 N–H and O–H groups in total. The molecule has 10 heteroatoms. The number of benzene rings is 1. The van der Waals surface area contributed by atoms with Crippen molar-refractivity contribution in [1.29, 1.82) is 0 Å². The van der Waals surface area contributed by atoms with E-state index in [1.54, 1.807) is 29.8 Å². The fourth-order valence-corrected chi connectivity index (χ4v) is 4.46. The van der Waals surface area contributed by atoms with Gasteiger partial charge in [0.05, 0.1) is 10.7 Å². The Morgan fingerprint density at radius 2 is 2.19 bits per heavy atom. The zero-order valence-corrected chi connectivity index (χ0v) is 14.2. The van der Waals surface area contributed by atoms with Crippen LogP contribution < -0.4 is 10.5 Å². The van der Waals surface area contributed by atoms with Crippen LogP contribution in [-0.4, -0.2) is 17.8 Å². The van der Waals surface area contributed by atoms with Crippen molar-refractivity contribution in [2.24, 2.45) is 0 Å². The lowest BCUT2D eigenvalue weighted by Gasteiger charge is -2.09. The molecule has 110 valence electrons. The van der Waals surface area contributed by atoms with Gasteiger partial charge in [-0.2, -0.15) is 8.42 Å². The summed E-state index contributed by atoms with van der Waals surface area (Å²) < 4.78 is 29.6. The highest BCUT2D eigenvalue weighted by atomic mass is 79.9. The largest absolute Gasteiger partial charge is 0.381 e. The zero-order valence-electron chi connectivity index (χ0n) is 10.2. The minimum absolute atomic E-state index is 0.0551. The van der Waals surface area contributed by atoms with Crippen molar-refractivity contribution in [3.8, 4) is 0 Å². The number of anilines is 2. The fourth-order valence-electron chi connectivity index (χ4n) is 1.82. The van der Waals surface area contributed by atoms with Gasteiger partial charge < -0.3 is 5.73 Å². The lowest BCUT2D eigenvalue weighted by Crippen LogP contribution is -2.16. The first kappa shape index (κ1) is 14.6. The zero-order chi connectivity index (χ0) is 15.2. The van der Waals surface area contributed by atoms with Crippen LogP contribution in [0.25, 0.3) is 4.96 Å². The predicted molar refractivity (Wildman–Crippen MR) is 87.4 cm³/mol. The number of thiazole rings is 1. The molecule has 0 atom stereocenters. The number of nitrogens with two attached hydrogens (primary N) is 1. The molecule has 0 saturated heterocycles. The molecule has 0 spiro atoms. The topological polar surface area (TPSA) is 89.5 Å². The van der Waals surface area contributed by atoms with Crippen molar-refractivity contribution in [3.63, 3.8) is 0 Å². The third-order valence-corrected chi connectivity index (χ3v) is 5.65. The first-order chi connectivity index (χ1) is 9.88. The number of aromatic nitrogens is 2. The molecule has 6 nitrogen and oxygen atoms in total. The number of halogens is 2. The highest BCUT2D eigenvalue weighted by Gasteiger charge is 2.25. The van der Waals surface area contributed by atoms with Gasteiger partial charge in [-0.15, -0.1) is 11.3 Å². The Morgan fingerprint density at radius 3 is 2.95 bits per heavy atom. The van der Waals surface area contributed by atoms with Crippen LogP contribution in [0, 0.1) is 0 Å². The maximum absolute atomic E-state index is 12.5. The van der Waals surface area contributed by atoms with E-state index in [0.717, 1.165) is 0 Å². The first-order valence-corrected chi connectivity index (χ1v) is 9.11. The minimum Gasteiger partial charge on any atom is -0.381 e. The molecule has 3 aromatic rings. The van der Waals surface area contributed by atoms with Gasteiger partial charge in [-0.3, -0.25) is 9.12 Å². The molecular formula is C11H8BrClN4O2S2. The Balaban J connectivity index is 2.10. The molecule has 0 bridgehead atoms. The number of imidazole rings is 1. The van der Waals surface area contributed by atoms with Gasteiger partial charge >= 0.3 is 0 Å². The van der Waals surface area contributed by atoms with Crippen LogP contribution in [0.15, 0.2) is 39.3 Å². The lowest BCUT2D eigenvalue weighted by atomic mass is 10.3. The summed E-state index contributed by atoms with van der Waals surface area (Å²) in [7, 11) is -3.91. The summed E-state index contributed by atoms with van der Waals surface area (Å²) in [4.78, 5) is 4.53. The van der Waals surface area contributed by atoms with Gasteiger partial charge in [0.25, 0.3) is 10.0 Å². The molecule has 2 heterocycles. The van der Waals surface area contributed by atoms with Crippen molar-refractivity contribution in [3.05, 3.63) is 39.3 Å². The number of nitrogen functional groups attached to an aromatic ring is 1. The van der Waals surface area contributed by atoms with Crippen LogP contribution in [0.4, 0.5) is 11.5 Å². The first-order valence-electron chi connectivity index (χ1n) is 5.57. The normalized spacial score (nSPS) is 11.9. The monoisotopic (exact) mass is 406 g/mol. The predicted octanol–water partition coefficient (Wildman–Crippen LogP) is 3.19. The molecule has 0 aliphatic carbocycles. The summed E-state index contributed by atoms with van der Waals surface area (Å²) in [6.07, 6.45) is 1.60. The lowest BCUT2D eigenvalue weighted by molar-refractivity contribution is 0.597. The molecule has 0 amide bonds. The van der Waals surface area contributed by atoms with Crippen LogP contribution in [0.5, 0.6) is 0 Å². The number of sulfonamides is 1. The van der Waals surface area contributed by atoms with Crippen LogP contribution in [0.2, 0.25) is 5.02 Å². The Hall–Kier alpha value is -1.29. The molecule has 0 aliphatic rings. The summed E-state index contributed by atoms with van der Waals surface area (Å²) in [5.41, 5.74) is 5.98. The maximum Gasteiger partial charge on any atom is 0.281 e. The number of hydrogen-bond donors (Lipinski definition) is 2. The summed E-state index contributed by atoms with van der Waals surface area (Å²) in [5.74, 6) is -0.0551. The number of nitrogens with one attached hydrogen (secondary N) is 1. The van der Waals surface area contributed by atoms with Gasteiger partial charge in [-0.05, 0) is 18.2 Å². The Morgan fingerprint density at radius 1 is 1.43 bits per heavy atom. The second-order valence-corrected chi connectivity index (χ2v) is 7.88. The van der Waals surface area contributed by atoms with E-state index < -0.39 is 10.0 Å². The van der Waals surface area contributed by atoms with Gasteiger partial charge in [0.1, 0.15) is 0 Å². The van der Waals surface area contributed by atoms with Crippen molar-refractivity contribution >= 4 is 65.4 Å². The summed E-state index contributed by atoms with van der Waals surface area (Å²) in [6.45, 7) is 0. The van der Waals surface area contributed by atoms with Crippen LogP contribution >= 0.6 is 38.9 Å². The highest BCUT2D eigenvalue weighted by Crippen LogP contribution is 2.30. The third kappa shape index (κ3) is 2.61. The number of hydrogen-bond acceptors (Lipinski definition) is 5. The molecular weight excluding hydrogens is 400 g/mol. The molecule has 0 aliphatic heterocycles. The average Bonchev–Trinajstić information content (AvgIpc) is 2.92. The molecule has 0 fully saturated rings. The average molecular weight is 408 g/mol. The van der Waals surface area contributed by atoms with Crippen LogP contribution in [0.1, 0.15) is 0 Å². The van der Waals surface area contributed by atoms with Crippen molar-refractivity contribution < 1.29 is 8.42 Å². The van der Waals surface area contributed by atoms with Gasteiger partial charge in [-0.25, -0.2) is 4.98 Å². The number of rotatable bonds is 3. The Kier molecular flexibility index (Phi) is 3.60. The Labute approximate surface area is 137 Å². The van der Waals surface area contributed by atoms with Crippen molar-refractivity contribution in [2.45, 2.75) is 5.03 Å². The highest BCUT2D eigenvalue weighted by molar-refractivity contribution is 9.10. The summed E-state index contributed by atoms with van der Waals surface area (Å²) in [5, 5.41) is 1.91. The Bertz CT molecular complexity index is 935. The van der Waals surface area contributed by atoms with Gasteiger partial charge in [0, 0.05) is 16.0 Å². The fraction of sp³-hybridized carbons (Fsp3) is 0. The van der Waals surface area contributed by atoms with E-state index in [-0.39, 0.29) is 21.6 Å². The third-order valence-electron chi connectivity index (χ3n) is 2.67. The van der Waals surface area contributed by atoms with E-state index in [0.29, 0.717) is 9.43 Å². The van der Waals surface area contributed by atoms with Crippen molar-refractivity contribution in [2.75, 3.05) is 10.5 Å². The molecule has 21 heavy (non-hydrogen) atoms. The smallest absolute Gasteiger partial charge is 0.281 e. The van der Waals surface area contributed by atoms with E-state index in [1.165, 1.54) is 15.7 Å². The standard InChI is InChI=1S/C11H8BrClN4O2S2/c12-6-1-2-7(13)8(5-6)16-21(18,19)10-9(14)15-11-17(10)3-4-20-11/h1-5,16H,14H2. The van der Waals surface area contributed by atoms with Gasteiger partial charge in [-0.1, -0.05) is 27.5 Å². The SMILES string of the molecule is Nc1nc2sccn2c1S(=O)(=O)Nc1cc(Br)ccc1Cl. The molecule has 0 radical (unpaired) electrons. The second-order valence-electron chi connectivity index (χ2n) is 4.09. The molecule has 0 unspecified atom stereocenters. The molecule has 1 aromatic carbocycles. The number of fused-ring (bicyclic) bond motifs is 1. The maximum atomic E-state index is 12.5. The van der Waals surface area contributed by atoms with E-state index in [4.69, 9.17) is 17.3 Å². The van der Waals surface area contributed by atoms with Crippen molar-refractivity contribution in [1.82, 2.24) is 9.38 Å². The summed E-state index contributed by atoms with van der Waals surface area (Å²) >= 11 is 10.6. The quantitative estimate of drug-likeness (QED) is 0.698. The second kappa shape index (κ2) is 5.16. The van der Waals surface area contributed by atoms with E-state index >= 15 is 0 Å². The van der Waals surface area contributed by atoms with E-state index in [2.05, 4.69) is 25.6 Å². The molecule has 2 aromatic heterocycles. The van der Waals surface area contributed by atoms with Crippen LogP contribution in [0.3, 0.4) is 0 Å². The van der Waals surface area contributed by atoms with E-state index in [9.17, 15) is 8.42 Å². The number of nitrogens with zero attached hydrogens (tertiary/aromatic N) is 2. The van der Waals surface area contributed by atoms with Gasteiger partial charge in [0.15, 0.2) is 10.8 Å². The summed E-state index contributed by atoms with van der Waals surface area (Å²) in [6, 6.07) is 4.87. The van der Waals surface area contributed by atoms with Gasteiger partial charge in [0.2, 0.25) is 5.03 Å². The molecule has 3 rings (SSSR count). The molecule has 0 saturated carbocycles. The van der Waals surface area contributed by atoms with E-state index in [1.807, 2.05) is 0 Å².